The van der Waals surface area contributed by atoms with Crippen molar-refractivity contribution < 1.29 is 5.11 Å². The fraction of sp³-hybridized carbons (Fsp3) is 0.364. The molecule has 2 rings (SSSR count). The third-order valence-corrected chi connectivity index (χ3v) is 4.37. The van der Waals surface area contributed by atoms with Gasteiger partial charge in [-0.1, -0.05) is 72.9 Å². The van der Waals surface area contributed by atoms with Crippen molar-refractivity contribution in [2.24, 2.45) is 0 Å². The lowest BCUT2D eigenvalue weighted by Crippen LogP contribution is -2.17. The molecule has 0 aliphatic rings. The molecule has 0 radical (unpaired) electrons. The van der Waals surface area contributed by atoms with Crippen molar-refractivity contribution in [3.8, 4) is 11.4 Å². The monoisotopic (exact) mass is 323 g/mol. The third-order valence-electron chi connectivity index (χ3n) is 4.37. The predicted molar refractivity (Wildman–Crippen MR) is 105 cm³/mol. The Hall–Kier alpha value is -2.22. The molecule has 2 aromatic rings. The van der Waals surface area contributed by atoms with Crippen LogP contribution in [0.2, 0.25) is 0 Å². The van der Waals surface area contributed by atoms with Crippen molar-refractivity contribution in [2.75, 3.05) is 0 Å². The molecule has 0 spiro atoms. The number of hydrogen-bond donors (Lipinski definition) is 1. The van der Waals surface area contributed by atoms with Crippen molar-refractivity contribution in [1.82, 2.24) is 4.57 Å². The molecular weight excluding hydrogens is 294 g/mol. The minimum atomic E-state index is -0.143. The number of hydrogen-bond acceptors (Lipinski definition) is 1. The molecule has 0 unspecified atom stereocenters. The van der Waals surface area contributed by atoms with Crippen LogP contribution in [0.1, 0.15) is 63.8 Å². The lowest BCUT2D eigenvalue weighted by molar-refractivity contribution is 0.442. The Bertz CT molecular complexity index is 754. The summed E-state index contributed by atoms with van der Waals surface area (Å²) in [6, 6.07) is 4.20. The lowest BCUT2D eigenvalue weighted by atomic mass is 9.79. The first kappa shape index (κ1) is 18.1. The van der Waals surface area contributed by atoms with Crippen LogP contribution >= 0.6 is 0 Å². The summed E-state index contributed by atoms with van der Waals surface area (Å²) in [4.78, 5) is 0. The summed E-state index contributed by atoms with van der Waals surface area (Å²) >= 11 is 0. The highest BCUT2D eigenvalue weighted by Gasteiger charge is 2.25. The molecule has 24 heavy (non-hydrogen) atoms. The van der Waals surface area contributed by atoms with Gasteiger partial charge in [-0.25, -0.2) is 0 Å². The van der Waals surface area contributed by atoms with Gasteiger partial charge >= 0.3 is 0 Å². The Morgan fingerprint density at radius 3 is 1.75 bits per heavy atom. The second kappa shape index (κ2) is 6.01. The molecule has 0 fully saturated rings. The number of aromatic hydroxyl groups is 1. The fourth-order valence-corrected chi connectivity index (χ4v) is 2.79. The molecular formula is C22H29NO. The van der Waals surface area contributed by atoms with E-state index in [1.54, 1.807) is 0 Å². The van der Waals surface area contributed by atoms with Gasteiger partial charge in [-0.3, -0.25) is 0 Å². The number of phenols is 1. The minimum Gasteiger partial charge on any atom is -0.505 e. The van der Waals surface area contributed by atoms with E-state index in [9.17, 15) is 5.11 Å². The molecule has 0 saturated heterocycles. The molecule has 2 nitrogen and oxygen atoms in total. The summed E-state index contributed by atoms with van der Waals surface area (Å²) in [5, 5.41) is 10.9. The number of aromatic nitrogens is 1. The van der Waals surface area contributed by atoms with Crippen LogP contribution in [0.4, 0.5) is 0 Å². The molecule has 0 amide bonds. The van der Waals surface area contributed by atoms with Gasteiger partial charge in [-0.05, 0) is 33.6 Å². The third kappa shape index (κ3) is 3.33. The maximum Gasteiger partial charge on any atom is 0.143 e. The van der Waals surface area contributed by atoms with Crippen LogP contribution in [0.3, 0.4) is 0 Å². The van der Waals surface area contributed by atoms with Crippen LogP contribution in [0.5, 0.6) is 5.75 Å². The van der Waals surface area contributed by atoms with E-state index in [4.69, 9.17) is 0 Å². The standard InChI is InChI=1S/C22H29NO/c1-9-15-13-23(14-16(15)10-2)19-12-17(21(3,4)5)11-18(20(19)24)22(6,7)8/h9-14,24H,1-2H2,3-8H3. The second-order valence-electron chi connectivity index (χ2n) is 8.38. The van der Waals surface area contributed by atoms with E-state index in [-0.39, 0.29) is 10.8 Å². The first-order valence-corrected chi connectivity index (χ1v) is 8.34. The first-order chi connectivity index (χ1) is 11.0. The van der Waals surface area contributed by atoms with E-state index in [0.717, 1.165) is 22.4 Å². The van der Waals surface area contributed by atoms with Gasteiger partial charge in [0.2, 0.25) is 0 Å². The molecule has 1 aromatic heterocycles. The zero-order valence-corrected chi connectivity index (χ0v) is 15.8. The van der Waals surface area contributed by atoms with Crippen LogP contribution in [-0.2, 0) is 10.8 Å². The smallest absolute Gasteiger partial charge is 0.143 e. The topological polar surface area (TPSA) is 25.2 Å². The molecule has 2 heteroatoms. The molecule has 0 saturated carbocycles. The van der Waals surface area contributed by atoms with Crippen molar-refractivity contribution in [2.45, 2.75) is 52.4 Å². The zero-order chi connectivity index (χ0) is 18.3. The molecule has 1 N–H and O–H groups in total. The maximum atomic E-state index is 10.9. The highest BCUT2D eigenvalue weighted by molar-refractivity contribution is 5.66. The van der Waals surface area contributed by atoms with E-state index in [1.807, 2.05) is 29.1 Å². The Labute approximate surface area is 146 Å². The van der Waals surface area contributed by atoms with Crippen LogP contribution in [0, 0.1) is 0 Å². The van der Waals surface area contributed by atoms with Gasteiger partial charge in [-0.15, -0.1) is 0 Å². The number of benzene rings is 1. The average Bonchev–Trinajstić information content (AvgIpc) is 2.88. The summed E-state index contributed by atoms with van der Waals surface area (Å²) in [5.74, 6) is 0.330. The summed E-state index contributed by atoms with van der Waals surface area (Å²) < 4.78 is 1.97. The summed E-state index contributed by atoms with van der Waals surface area (Å²) in [7, 11) is 0. The zero-order valence-electron chi connectivity index (χ0n) is 15.8. The molecule has 0 bridgehead atoms. The number of nitrogens with zero attached hydrogens (tertiary/aromatic N) is 1. The Kier molecular flexibility index (Phi) is 4.54. The molecule has 0 atom stereocenters. The predicted octanol–water partition coefficient (Wildman–Crippen LogP) is 6.06. The first-order valence-electron chi connectivity index (χ1n) is 8.34. The summed E-state index contributed by atoms with van der Waals surface area (Å²) in [6.45, 7) is 20.7. The number of rotatable bonds is 3. The molecule has 1 heterocycles. The average molecular weight is 323 g/mol. The van der Waals surface area contributed by atoms with Gasteiger partial charge in [0.15, 0.2) is 0 Å². The Morgan fingerprint density at radius 1 is 0.875 bits per heavy atom. The van der Waals surface area contributed by atoms with Crippen molar-refractivity contribution in [3.63, 3.8) is 0 Å². The van der Waals surface area contributed by atoms with Gasteiger partial charge in [0.25, 0.3) is 0 Å². The van der Waals surface area contributed by atoms with Crippen molar-refractivity contribution in [3.05, 3.63) is 59.9 Å². The molecule has 1 aromatic carbocycles. The summed E-state index contributed by atoms with van der Waals surface area (Å²) in [6.07, 6.45) is 7.58. The van der Waals surface area contributed by atoms with Gasteiger partial charge in [-0.2, -0.15) is 0 Å². The van der Waals surface area contributed by atoms with E-state index in [2.05, 4.69) is 66.8 Å². The van der Waals surface area contributed by atoms with Gasteiger partial charge in [0.05, 0.1) is 5.69 Å². The lowest BCUT2D eigenvalue weighted by Gasteiger charge is -2.27. The summed E-state index contributed by atoms with van der Waals surface area (Å²) in [5.41, 5.74) is 4.82. The van der Waals surface area contributed by atoms with Crippen LogP contribution in [0.25, 0.3) is 17.8 Å². The minimum absolute atomic E-state index is 0.00185. The van der Waals surface area contributed by atoms with E-state index < -0.39 is 0 Å². The Balaban J connectivity index is 2.80. The molecule has 0 aliphatic carbocycles. The highest BCUT2D eigenvalue weighted by Crippen LogP contribution is 2.39. The molecule has 0 aliphatic heterocycles. The second-order valence-corrected chi connectivity index (χ2v) is 8.38. The van der Waals surface area contributed by atoms with Crippen molar-refractivity contribution in [1.29, 1.82) is 0 Å². The van der Waals surface area contributed by atoms with Gasteiger partial charge in [0, 0.05) is 18.0 Å². The van der Waals surface area contributed by atoms with Gasteiger partial charge < -0.3 is 9.67 Å². The van der Waals surface area contributed by atoms with Crippen molar-refractivity contribution >= 4 is 12.2 Å². The van der Waals surface area contributed by atoms with E-state index in [1.165, 1.54) is 5.56 Å². The van der Waals surface area contributed by atoms with Crippen LogP contribution < -0.4 is 0 Å². The normalized spacial score (nSPS) is 12.2. The van der Waals surface area contributed by atoms with Crippen LogP contribution in [0.15, 0.2) is 37.7 Å². The van der Waals surface area contributed by atoms with Gasteiger partial charge in [0.1, 0.15) is 5.75 Å². The largest absolute Gasteiger partial charge is 0.505 e. The molecule has 128 valence electrons. The fourth-order valence-electron chi connectivity index (χ4n) is 2.79. The Morgan fingerprint density at radius 2 is 1.38 bits per heavy atom. The van der Waals surface area contributed by atoms with E-state index >= 15 is 0 Å². The SMILES string of the molecule is C=Cc1cn(-c2cc(C(C)(C)C)cc(C(C)(C)C)c2O)cc1C=C. The number of phenolic OH excluding ortho intramolecular Hbond substituents is 1. The quantitative estimate of drug-likeness (QED) is 0.729. The van der Waals surface area contributed by atoms with Crippen LogP contribution in [-0.4, -0.2) is 9.67 Å². The highest BCUT2D eigenvalue weighted by atomic mass is 16.3. The maximum absolute atomic E-state index is 10.9. The van der Waals surface area contributed by atoms with E-state index in [0.29, 0.717) is 5.75 Å².